The van der Waals surface area contributed by atoms with E-state index in [-0.39, 0.29) is 23.3 Å². The topological polar surface area (TPSA) is 85.4 Å². The number of nitrogens with one attached hydrogen (secondary N) is 1. The Hall–Kier alpha value is -1.54. The Morgan fingerprint density at radius 3 is 2.33 bits per heavy atom. The van der Waals surface area contributed by atoms with Crippen LogP contribution in [0.3, 0.4) is 0 Å². The summed E-state index contributed by atoms with van der Waals surface area (Å²) in [5, 5.41) is 2.72. The number of pyridine rings is 1. The zero-order valence-electron chi connectivity index (χ0n) is 25.8. The third-order valence-electron chi connectivity index (χ3n) is 6.02. The molecule has 1 atom stereocenters. The van der Waals surface area contributed by atoms with Crippen molar-refractivity contribution in [2.24, 2.45) is 5.92 Å². The number of amides is 1. The molecule has 0 aromatic carbocycles. The van der Waals surface area contributed by atoms with Gasteiger partial charge in [0.1, 0.15) is 11.4 Å². The van der Waals surface area contributed by atoms with Crippen molar-refractivity contribution in [2.45, 2.75) is 130 Å². The Bertz CT molecular complexity index is 808. The predicted octanol–water partition coefficient (Wildman–Crippen LogP) is 8.45. The van der Waals surface area contributed by atoms with Gasteiger partial charge >= 0.3 is 5.97 Å². The fourth-order valence-electron chi connectivity index (χ4n) is 3.94. The maximum Gasteiger partial charge on any atom is 0.306 e. The quantitative estimate of drug-likeness (QED) is 0.134. The van der Waals surface area contributed by atoms with Crippen molar-refractivity contribution in [3.8, 4) is 0 Å². The van der Waals surface area contributed by atoms with E-state index in [1.165, 1.54) is 37.6 Å². The maximum absolute atomic E-state index is 11.9. The van der Waals surface area contributed by atoms with E-state index >= 15 is 0 Å². The molecule has 1 aromatic rings. The molecular weight excluding hydrogens is 528 g/mol. The van der Waals surface area contributed by atoms with Crippen LogP contribution in [0.1, 0.15) is 130 Å². The molecule has 39 heavy (non-hydrogen) atoms. The molecule has 1 saturated heterocycles. The van der Waals surface area contributed by atoms with Crippen LogP contribution in [0, 0.1) is 5.92 Å². The number of carbonyl (C=O) groups excluding carboxylic acids is 3. The lowest BCUT2D eigenvalue weighted by Crippen LogP contribution is -2.29. The van der Waals surface area contributed by atoms with E-state index in [9.17, 15) is 14.4 Å². The number of nitrogens with zero attached hydrogens (tertiary/aromatic N) is 1. The Balaban J connectivity index is 0.000000670. The summed E-state index contributed by atoms with van der Waals surface area (Å²) in [5.41, 5.74) is 0.218. The lowest BCUT2D eigenvalue weighted by Gasteiger charge is -2.27. The molecule has 1 aliphatic rings. The molecule has 0 bridgehead atoms. The van der Waals surface area contributed by atoms with Crippen LogP contribution in [0.25, 0.3) is 0 Å². The maximum atomic E-state index is 11.9. The highest BCUT2D eigenvalue weighted by Gasteiger charge is 2.30. The number of rotatable bonds is 14. The smallest absolute Gasteiger partial charge is 0.306 e. The minimum Gasteiger partial charge on any atom is -0.460 e. The van der Waals surface area contributed by atoms with Gasteiger partial charge in [-0.15, -0.1) is 0 Å². The van der Waals surface area contributed by atoms with Crippen LogP contribution in [-0.4, -0.2) is 45.3 Å². The molecule has 0 saturated carbocycles. The summed E-state index contributed by atoms with van der Waals surface area (Å²) in [6.45, 7) is 17.1. The summed E-state index contributed by atoms with van der Waals surface area (Å²) in [6, 6.07) is 3.41. The number of aromatic nitrogens is 1. The third-order valence-corrected chi connectivity index (χ3v) is 9.38. The Labute approximate surface area is 246 Å². The first-order valence-corrected chi connectivity index (χ1v) is 16.9. The van der Waals surface area contributed by atoms with Crippen molar-refractivity contribution in [3.63, 3.8) is 0 Å². The summed E-state index contributed by atoms with van der Waals surface area (Å²) in [6.07, 6.45) is 13.0. The van der Waals surface area contributed by atoms with Gasteiger partial charge in [0.15, 0.2) is 0 Å². The summed E-state index contributed by atoms with van der Waals surface area (Å²) >= 11 is 0. The average Bonchev–Trinajstić information content (AvgIpc) is 3.30. The first-order valence-electron chi connectivity index (χ1n) is 14.5. The van der Waals surface area contributed by atoms with Gasteiger partial charge in [-0.25, -0.2) is 0 Å². The summed E-state index contributed by atoms with van der Waals surface area (Å²) in [4.78, 5) is 37.8. The van der Waals surface area contributed by atoms with Crippen molar-refractivity contribution >= 4 is 39.2 Å². The van der Waals surface area contributed by atoms with E-state index < -0.39 is 0 Å². The van der Waals surface area contributed by atoms with Crippen molar-refractivity contribution in [1.29, 1.82) is 0 Å². The molecule has 6 nitrogen and oxygen atoms in total. The first kappa shape index (κ1) is 37.5. The second-order valence-corrected chi connectivity index (χ2v) is 14.5. The van der Waals surface area contributed by atoms with E-state index in [1.54, 1.807) is 25.3 Å². The Morgan fingerprint density at radius 2 is 1.82 bits per heavy atom. The van der Waals surface area contributed by atoms with Crippen molar-refractivity contribution in [3.05, 3.63) is 30.1 Å². The van der Waals surface area contributed by atoms with Gasteiger partial charge in [-0.2, -0.15) is 0 Å². The van der Waals surface area contributed by atoms with E-state index in [0.717, 1.165) is 19.3 Å². The largest absolute Gasteiger partial charge is 0.460 e. The Kier molecular flexibility index (Phi) is 20.4. The molecule has 1 fully saturated rings. The number of ether oxygens (including phenoxy) is 1. The van der Waals surface area contributed by atoms with Crippen molar-refractivity contribution < 1.29 is 19.1 Å². The molecule has 2 heterocycles. The lowest BCUT2D eigenvalue weighted by atomic mass is 9.96. The van der Waals surface area contributed by atoms with E-state index in [4.69, 9.17) is 4.74 Å². The van der Waals surface area contributed by atoms with E-state index in [0.29, 0.717) is 42.0 Å². The second kappa shape index (κ2) is 21.2. The van der Waals surface area contributed by atoms with Crippen LogP contribution in [-0.2, 0) is 14.3 Å². The normalized spacial score (nSPS) is 16.4. The highest BCUT2D eigenvalue weighted by molar-refractivity contribution is 8.77. The van der Waals surface area contributed by atoms with Crippen LogP contribution in [0.4, 0.5) is 0 Å². The van der Waals surface area contributed by atoms with Gasteiger partial charge in [0.25, 0.3) is 5.91 Å². The summed E-state index contributed by atoms with van der Waals surface area (Å²) < 4.78 is 6.03. The number of unbranched alkanes of at least 4 members (excludes halogenated alkanes) is 2. The standard InChI is InChI=1S/C16H30O2S2.C11H14N2O2.C4H10/c1-13(2)12-15(3,4)18-14(17)8-6-7-9-16(5)10-11-19-20-16;1-9(14)4-2-7-13-11(15)10-5-3-6-12-8-10;1-3-4-2/h13H,6-12H2,1-5H3;3,5-6,8H,2,4,7H2,1H3,(H,13,15);3-4H2,1-2H3/t16-;;/m1../s1. The van der Waals surface area contributed by atoms with Crippen molar-refractivity contribution in [1.82, 2.24) is 10.3 Å². The number of Topliss-reactive ketones (excluding diaryl/α,β-unsaturated/α-hetero) is 1. The number of esters is 1. The van der Waals surface area contributed by atoms with E-state index in [2.05, 4.69) is 44.9 Å². The lowest BCUT2D eigenvalue weighted by molar-refractivity contribution is -0.157. The zero-order valence-corrected chi connectivity index (χ0v) is 27.4. The van der Waals surface area contributed by atoms with Gasteiger partial charge in [-0.1, -0.05) is 68.5 Å². The van der Waals surface area contributed by atoms with Crippen molar-refractivity contribution in [2.75, 3.05) is 12.3 Å². The van der Waals surface area contributed by atoms with E-state index in [1.807, 2.05) is 35.4 Å². The zero-order chi connectivity index (χ0) is 29.7. The molecule has 0 unspecified atom stereocenters. The number of ketones is 1. The van der Waals surface area contributed by atoms with Crippen LogP contribution < -0.4 is 5.32 Å². The molecule has 8 heteroatoms. The second-order valence-electron chi connectivity index (χ2n) is 11.4. The molecule has 224 valence electrons. The predicted molar refractivity (Wildman–Crippen MR) is 168 cm³/mol. The first-order chi connectivity index (χ1) is 18.3. The van der Waals surface area contributed by atoms with Gasteiger partial charge in [-0.3, -0.25) is 14.6 Å². The fourth-order valence-corrected chi connectivity index (χ4v) is 7.24. The molecule has 1 N–H and O–H groups in total. The molecule has 0 radical (unpaired) electrons. The van der Waals surface area contributed by atoms with Crippen LogP contribution >= 0.6 is 21.6 Å². The number of carbonyl (C=O) groups is 3. The SMILES string of the molecule is CC(=O)CCCNC(=O)c1cccnc1.CC(C)CC(C)(C)OC(=O)CCCC[C@]1(C)CCSS1.CCCC. The van der Waals surface area contributed by atoms with Gasteiger partial charge in [0, 0.05) is 42.3 Å². The highest BCUT2D eigenvalue weighted by Crippen LogP contribution is 2.49. The van der Waals surface area contributed by atoms with Crippen LogP contribution in [0.15, 0.2) is 24.5 Å². The minimum atomic E-state index is -0.324. The highest BCUT2D eigenvalue weighted by atomic mass is 33.1. The minimum absolute atomic E-state index is 0.0331. The van der Waals surface area contributed by atoms with Crippen LogP contribution in [0.5, 0.6) is 0 Å². The van der Waals surface area contributed by atoms with Gasteiger partial charge in [-0.05, 0) is 77.8 Å². The molecule has 1 aliphatic heterocycles. The van der Waals surface area contributed by atoms with Crippen LogP contribution in [0.2, 0.25) is 0 Å². The molecule has 0 spiro atoms. The number of hydrogen-bond donors (Lipinski definition) is 1. The monoisotopic (exact) mass is 582 g/mol. The summed E-state index contributed by atoms with van der Waals surface area (Å²) in [7, 11) is 4.00. The van der Waals surface area contributed by atoms with Gasteiger partial charge < -0.3 is 14.8 Å². The molecular formula is C31H54N2O4S2. The number of hydrogen-bond acceptors (Lipinski definition) is 7. The summed E-state index contributed by atoms with van der Waals surface area (Å²) in [5.74, 6) is 1.79. The average molecular weight is 583 g/mol. The molecule has 1 aromatic heterocycles. The molecule has 1 amide bonds. The van der Waals surface area contributed by atoms with Gasteiger partial charge in [0.2, 0.25) is 0 Å². The fraction of sp³-hybridized carbons (Fsp3) is 0.742. The third kappa shape index (κ3) is 21.0. The molecule has 0 aliphatic carbocycles. The molecule has 2 rings (SSSR count). The van der Waals surface area contributed by atoms with Gasteiger partial charge in [0.05, 0.1) is 5.56 Å². The Morgan fingerprint density at radius 1 is 1.13 bits per heavy atom.